The molecule has 0 spiro atoms. The minimum Gasteiger partial charge on any atom is -0.467 e. The van der Waals surface area contributed by atoms with Crippen LogP contribution in [0.3, 0.4) is 0 Å². The predicted molar refractivity (Wildman–Crippen MR) is 128 cm³/mol. The number of methoxy groups -OCH3 is 1. The van der Waals surface area contributed by atoms with Gasteiger partial charge in [-0.2, -0.15) is 0 Å². The number of benzene rings is 1. The van der Waals surface area contributed by atoms with E-state index in [0.29, 0.717) is 13.0 Å². The SMILES string of the molecule is COC(=O)[C@H]1CCCCN1C(=O)CNC(=O)OCc1ccccc1.O=C1NCC(=O)N2CCCC[C@H]12. The number of carbonyl (C=O) groups is 5. The maximum Gasteiger partial charge on any atom is 0.407 e. The van der Waals surface area contributed by atoms with E-state index in [0.717, 1.165) is 44.2 Å². The summed E-state index contributed by atoms with van der Waals surface area (Å²) in [6.45, 7) is 1.36. The van der Waals surface area contributed by atoms with Gasteiger partial charge in [-0.1, -0.05) is 30.3 Å². The number of hydrogen-bond acceptors (Lipinski definition) is 7. The third kappa shape index (κ3) is 7.43. The monoisotopic (exact) mass is 502 g/mol. The van der Waals surface area contributed by atoms with Gasteiger partial charge in [0.05, 0.1) is 13.7 Å². The Balaban J connectivity index is 0.000000249. The highest BCUT2D eigenvalue weighted by Crippen LogP contribution is 2.19. The number of nitrogens with zero attached hydrogens (tertiary/aromatic N) is 2. The number of hydrogen-bond donors (Lipinski definition) is 2. The van der Waals surface area contributed by atoms with Gasteiger partial charge in [-0.05, 0) is 44.1 Å². The van der Waals surface area contributed by atoms with Crippen molar-refractivity contribution in [2.24, 2.45) is 0 Å². The van der Waals surface area contributed by atoms with Gasteiger partial charge in [0.15, 0.2) is 0 Å². The normalized spacial score (nSPS) is 21.2. The molecule has 1 aromatic carbocycles. The van der Waals surface area contributed by atoms with Crippen molar-refractivity contribution < 1.29 is 33.4 Å². The van der Waals surface area contributed by atoms with E-state index in [9.17, 15) is 24.0 Å². The van der Waals surface area contributed by atoms with Crippen LogP contribution in [0.2, 0.25) is 0 Å². The fourth-order valence-electron chi connectivity index (χ4n) is 4.52. The molecule has 0 unspecified atom stereocenters. The Labute approximate surface area is 210 Å². The van der Waals surface area contributed by atoms with Crippen molar-refractivity contribution in [3.63, 3.8) is 0 Å². The lowest BCUT2D eigenvalue weighted by atomic mass is 9.99. The zero-order valence-corrected chi connectivity index (χ0v) is 20.6. The Bertz CT molecular complexity index is 916. The van der Waals surface area contributed by atoms with Crippen LogP contribution in [0.1, 0.15) is 44.1 Å². The van der Waals surface area contributed by atoms with E-state index in [1.807, 2.05) is 30.3 Å². The minimum absolute atomic E-state index is 0.0225. The van der Waals surface area contributed by atoms with Gasteiger partial charge in [-0.3, -0.25) is 14.4 Å². The van der Waals surface area contributed by atoms with E-state index in [1.165, 1.54) is 12.0 Å². The highest BCUT2D eigenvalue weighted by Gasteiger charge is 2.35. The molecule has 11 nitrogen and oxygen atoms in total. The van der Waals surface area contributed by atoms with Crippen molar-refractivity contribution in [3.05, 3.63) is 35.9 Å². The lowest BCUT2D eigenvalue weighted by Gasteiger charge is -2.38. The van der Waals surface area contributed by atoms with Crippen molar-refractivity contribution >= 4 is 29.8 Å². The molecule has 0 aromatic heterocycles. The smallest absolute Gasteiger partial charge is 0.407 e. The molecule has 36 heavy (non-hydrogen) atoms. The summed E-state index contributed by atoms with van der Waals surface area (Å²) < 4.78 is 9.79. The van der Waals surface area contributed by atoms with Crippen LogP contribution in [0.4, 0.5) is 4.79 Å². The summed E-state index contributed by atoms with van der Waals surface area (Å²) in [5, 5.41) is 5.02. The van der Waals surface area contributed by atoms with Gasteiger partial charge in [0, 0.05) is 13.1 Å². The molecule has 2 N–H and O–H groups in total. The molecule has 1 aromatic rings. The second-order valence-electron chi connectivity index (χ2n) is 8.85. The van der Waals surface area contributed by atoms with Crippen molar-refractivity contribution in [2.75, 3.05) is 33.3 Å². The fourth-order valence-corrected chi connectivity index (χ4v) is 4.52. The van der Waals surface area contributed by atoms with Crippen molar-refractivity contribution in [3.8, 4) is 0 Å². The Kier molecular flexibility index (Phi) is 10.1. The highest BCUT2D eigenvalue weighted by molar-refractivity contribution is 5.94. The van der Waals surface area contributed by atoms with Gasteiger partial charge in [0.2, 0.25) is 17.7 Å². The van der Waals surface area contributed by atoms with Gasteiger partial charge >= 0.3 is 12.1 Å². The molecule has 0 aliphatic carbocycles. The van der Waals surface area contributed by atoms with E-state index in [1.54, 1.807) is 4.90 Å². The van der Waals surface area contributed by atoms with Crippen molar-refractivity contribution in [2.45, 2.75) is 57.2 Å². The molecule has 4 amide bonds. The zero-order chi connectivity index (χ0) is 25.9. The summed E-state index contributed by atoms with van der Waals surface area (Å²) in [7, 11) is 1.30. The number of piperazine rings is 1. The molecule has 3 aliphatic rings. The Hall–Kier alpha value is -3.63. The number of alkyl carbamates (subject to hydrolysis) is 1. The first-order chi connectivity index (χ1) is 17.4. The molecule has 196 valence electrons. The Morgan fingerprint density at radius 2 is 1.75 bits per heavy atom. The van der Waals surface area contributed by atoms with Gasteiger partial charge in [0.25, 0.3) is 0 Å². The van der Waals surface area contributed by atoms with Gasteiger partial charge in [-0.25, -0.2) is 9.59 Å². The standard InChI is InChI=1S/C17H22N2O5.C8H12N2O2/c1-23-16(21)14-9-5-6-10-19(14)15(20)11-18-17(22)24-12-13-7-3-2-4-8-13;11-7-5-9-8(12)6-3-1-2-4-10(6)7/h2-4,7-8,14H,5-6,9-12H2,1H3,(H,18,22);6H,1-5H2,(H,9,12)/t14-;6-/m11/s1. The van der Waals surface area contributed by atoms with Crippen molar-refractivity contribution in [1.29, 1.82) is 0 Å². The highest BCUT2D eigenvalue weighted by atomic mass is 16.5. The molecule has 11 heteroatoms. The summed E-state index contributed by atoms with van der Waals surface area (Å²) in [4.78, 5) is 61.4. The average Bonchev–Trinajstić information content (AvgIpc) is 2.93. The molecular formula is C25H34N4O7. The number of esters is 1. The first-order valence-electron chi connectivity index (χ1n) is 12.3. The van der Waals surface area contributed by atoms with E-state index in [2.05, 4.69) is 10.6 Å². The predicted octanol–water partition coefficient (Wildman–Crippen LogP) is 0.964. The molecule has 3 fully saturated rings. The Morgan fingerprint density at radius 3 is 2.47 bits per heavy atom. The van der Waals surface area contributed by atoms with Gasteiger partial charge in [0.1, 0.15) is 25.2 Å². The van der Waals surface area contributed by atoms with Crippen LogP contribution in [0.25, 0.3) is 0 Å². The third-order valence-corrected chi connectivity index (χ3v) is 6.43. The molecule has 0 bridgehead atoms. The van der Waals surface area contributed by atoms with Crippen LogP contribution in [0.5, 0.6) is 0 Å². The number of nitrogens with one attached hydrogen (secondary N) is 2. The van der Waals surface area contributed by atoms with Crippen LogP contribution >= 0.6 is 0 Å². The van der Waals surface area contributed by atoms with E-state index in [-0.39, 0.29) is 43.5 Å². The number of rotatable bonds is 5. The maximum atomic E-state index is 12.3. The first-order valence-corrected chi connectivity index (χ1v) is 12.3. The molecule has 3 saturated heterocycles. The van der Waals surface area contributed by atoms with Crippen LogP contribution in [0, 0.1) is 0 Å². The number of likely N-dealkylation sites (tertiary alicyclic amines) is 1. The Morgan fingerprint density at radius 1 is 1.03 bits per heavy atom. The number of amides is 4. The second-order valence-corrected chi connectivity index (χ2v) is 8.85. The number of fused-ring (bicyclic) bond motifs is 1. The second kappa shape index (κ2) is 13.5. The van der Waals surface area contributed by atoms with Crippen molar-refractivity contribution in [1.82, 2.24) is 20.4 Å². The first kappa shape index (κ1) is 27.0. The lowest BCUT2D eigenvalue weighted by Crippen LogP contribution is -2.59. The van der Waals surface area contributed by atoms with Crippen LogP contribution in [-0.4, -0.2) is 85.0 Å². The molecule has 3 aliphatic heterocycles. The summed E-state index contributed by atoms with van der Waals surface area (Å²) >= 11 is 0. The van der Waals surface area contributed by atoms with Gasteiger partial charge < -0.3 is 29.9 Å². The maximum absolute atomic E-state index is 12.3. The third-order valence-electron chi connectivity index (χ3n) is 6.43. The summed E-state index contributed by atoms with van der Waals surface area (Å²) in [5.74, 6) is -0.648. The quantitative estimate of drug-likeness (QED) is 0.573. The van der Waals surface area contributed by atoms with Gasteiger partial charge in [-0.15, -0.1) is 0 Å². The molecule has 3 heterocycles. The molecule has 4 rings (SSSR count). The van der Waals surface area contributed by atoms with E-state index in [4.69, 9.17) is 9.47 Å². The molecule has 0 radical (unpaired) electrons. The number of ether oxygens (including phenoxy) is 2. The largest absolute Gasteiger partial charge is 0.467 e. The summed E-state index contributed by atoms with van der Waals surface area (Å²) in [6, 6.07) is 8.52. The van der Waals surface area contributed by atoms with Crippen LogP contribution in [0.15, 0.2) is 30.3 Å². The summed E-state index contributed by atoms with van der Waals surface area (Å²) in [6.07, 6.45) is 4.54. The topological polar surface area (TPSA) is 134 Å². The number of piperidine rings is 2. The van der Waals surface area contributed by atoms with Crippen LogP contribution < -0.4 is 10.6 Å². The zero-order valence-electron chi connectivity index (χ0n) is 20.6. The molecule has 0 saturated carbocycles. The lowest BCUT2D eigenvalue weighted by molar-refractivity contribution is -0.154. The van der Waals surface area contributed by atoms with E-state index < -0.39 is 18.1 Å². The van der Waals surface area contributed by atoms with Crippen LogP contribution in [-0.2, 0) is 35.3 Å². The fraction of sp³-hybridized carbons (Fsp3) is 0.560. The summed E-state index contributed by atoms with van der Waals surface area (Å²) in [5.41, 5.74) is 0.862. The minimum atomic E-state index is -0.668. The molecular weight excluding hydrogens is 468 g/mol. The van der Waals surface area contributed by atoms with E-state index >= 15 is 0 Å². The number of carbonyl (C=O) groups excluding carboxylic acids is 5. The molecule has 2 atom stereocenters. The average molecular weight is 503 g/mol.